The summed E-state index contributed by atoms with van der Waals surface area (Å²) in [7, 11) is 0. The first kappa shape index (κ1) is 16.9. The first-order valence-electron chi connectivity index (χ1n) is 7.65. The predicted molar refractivity (Wildman–Crippen MR) is 87.9 cm³/mol. The lowest BCUT2D eigenvalue weighted by Gasteiger charge is -2.16. The molecule has 1 aromatic rings. The summed E-state index contributed by atoms with van der Waals surface area (Å²) in [6.45, 7) is 8.80. The van der Waals surface area contributed by atoms with Crippen molar-refractivity contribution in [1.82, 2.24) is 20.0 Å². The average molecular weight is 324 g/mol. The molecule has 0 aliphatic carbocycles. The van der Waals surface area contributed by atoms with Crippen LogP contribution in [0.15, 0.2) is 6.07 Å². The van der Waals surface area contributed by atoms with E-state index in [1.54, 1.807) is 4.90 Å². The van der Waals surface area contributed by atoms with Gasteiger partial charge < -0.3 is 10.2 Å². The number of carbonyl (C=O) groups excluding carboxylic acids is 2. The number of aryl methyl sites for hydroxylation is 2. The Hall–Kier alpha value is -1.50. The van der Waals surface area contributed by atoms with Crippen LogP contribution in [0.5, 0.6) is 0 Å². The molecular weight excluding hydrogens is 300 g/mol. The van der Waals surface area contributed by atoms with Crippen LogP contribution in [-0.2, 0) is 11.3 Å². The highest BCUT2D eigenvalue weighted by Crippen LogP contribution is 2.16. The molecule has 1 N–H and O–H groups in total. The summed E-state index contributed by atoms with van der Waals surface area (Å²) in [5, 5.41) is 7.46. The van der Waals surface area contributed by atoms with Crippen LogP contribution in [0, 0.1) is 19.8 Å². The monoisotopic (exact) mass is 324 g/mol. The molecule has 2 rings (SSSR count). The molecule has 1 aliphatic heterocycles. The largest absolute Gasteiger partial charge is 0.356 e. The van der Waals surface area contributed by atoms with Crippen LogP contribution in [0.2, 0.25) is 0 Å². The van der Waals surface area contributed by atoms with Crippen LogP contribution < -0.4 is 5.32 Å². The van der Waals surface area contributed by atoms with Gasteiger partial charge in [0.15, 0.2) is 0 Å². The Morgan fingerprint density at radius 1 is 1.50 bits per heavy atom. The van der Waals surface area contributed by atoms with E-state index < -0.39 is 0 Å². The number of aromatic nitrogens is 2. The number of rotatable bonds is 7. The normalized spacial score (nSPS) is 16.1. The van der Waals surface area contributed by atoms with Gasteiger partial charge in [-0.2, -0.15) is 5.10 Å². The van der Waals surface area contributed by atoms with Crippen LogP contribution in [0.25, 0.3) is 0 Å². The minimum atomic E-state index is 0.00455. The standard InChI is InChI=1S/C15H24N4O2S/c1-11(10-19-13(3)8-12(2)17-19)9-16-14(20)4-5-18-6-7-22-15(18)21/h8,11H,4-7,9-10H2,1-3H3,(H,16,20). The second-order valence-corrected chi connectivity index (χ2v) is 6.92. The second-order valence-electron chi connectivity index (χ2n) is 5.87. The SMILES string of the molecule is Cc1cc(C)n(CC(C)CNC(=O)CCN2CCSC2=O)n1. The number of thioether (sulfide) groups is 1. The highest BCUT2D eigenvalue weighted by molar-refractivity contribution is 8.13. The quantitative estimate of drug-likeness (QED) is 0.830. The van der Waals surface area contributed by atoms with E-state index in [0.29, 0.717) is 25.4 Å². The van der Waals surface area contributed by atoms with Crippen molar-refractivity contribution in [1.29, 1.82) is 0 Å². The molecule has 0 aromatic carbocycles. The Bertz CT molecular complexity index is 544. The first-order chi connectivity index (χ1) is 10.5. The maximum Gasteiger partial charge on any atom is 0.281 e. The third-order valence-electron chi connectivity index (χ3n) is 3.69. The molecule has 0 radical (unpaired) electrons. The zero-order valence-electron chi connectivity index (χ0n) is 13.5. The molecule has 1 saturated heterocycles. The highest BCUT2D eigenvalue weighted by Gasteiger charge is 2.21. The molecule has 1 aromatic heterocycles. The summed E-state index contributed by atoms with van der Waals surface area (Å²) in [6, 6.07) is 2.05. The van der Waals surface area contributed by atoms with E-state index in [-0.39, 0.29) is 11.1 Å². The number of carbonyl (C=O) groups is 2. The average Bonchev–Trinajstić information content (AvgIpc) is 3.00. The van der Waals surface area contributed by atoms with Crippen molar-refractivity contribution in [2.75, 3.05) is 25.4 Å². The number of amides is 2. The Labute approximate surface area is 135 Å². The Morgan fingerprint density at radius 2 is 2.27 bits per heavy atom. The molecule has 1 aliphatic rings. The molecule has 1 fully saturated rings. The van der Waals surface area contributed by atoms with Gasteiger partial charge in [-0.3, -0.25) is 14.3 Å². The van der Waals surface area contributed by atoms with Gasteiger partial charge in [0.25, 0.3) is 5.24 Å². The third-order valence-corrected chi connectivity index (χ3v) is 4.58. The Balaban J connectivity index is 1.67. The minimum Gasteiger partial charge on any atom is -0.356 e. The van der Waals surface area contributed by atoms with Gasteiger partial charge in [-0.25, -0.2) is 0 Å². The molecule has 2 amide bonds. The molecule has 2 heterocycles. The van der Waals surface area contributed by atoms with Crippen molar-refractivity contribution in [3.63, 3.8) is 0 Å². The summed E-state index contributed by atoms with van der Waals surface area (Å²) in [4.78, 5) is 25.0. The van der Waals surface area contributed by atoms with Crippen LogP contribution in [0.4, 0.5) is 4.79 Å². The molecule has 1 atom stereocenters. The predicted octanol–water partition coefficient (Wildman–Crippen LogP) is 1.81. The second kappa shape index (κ2) is 7.67. The van der Waals surface area contributed by atoms with E-state index in [0.717, 1.165) is 30.2 Å². The smallest absolute Gasteiger partial charge is 0.281 e. The summed E-state index contributed by atoms with van der Waals surface area (Å²) in [6.07, 6.45) is 0.374. The molecule has 7 heteroatoms. The lowest BCUT2D eigenvalue weighted by Crippen LogP contribution is -2.34. The molecule has 22 heavy (non-hydrogen) atoms. The van der Waals surface area contributed by atoms with Crippen molar-refractivity contribution < 1.29 is 9.59 Å². The number of nitrogens with zero attached hydrogens (tertiary/aromatic N) is 3. The summed E-state index contributed by atoms with van der Waals surface area (Å²) in [5.74, 6) is 1.15. The van der Waals surface area contributed by atoms with E-state index in [1.165, 1.54) is 11.8 Å². The number of nitrogens with one attached hydrogen (secondary N) is 1. The van der Waals surface area contributed by atoms with E-state index in [1.807, 2.05) is 18.5 Å². The molecule has 6 nitrogen and oxygen atoms in total. The van der Waals surface area contributed by atoms with Crippen molar-refractivity contribution in [3.8, 4) is 0 Å². The van der Waals surface area contributed by atoms with E-state index in [4.69, 9.17) is 0 Å². The fourth-order valence-electron chi connectivity index (χ4n) is 2.46. The zero-order valence-corrected chi connectivity index (χ0v) is 14.3. The Morgan fingerprint density at radius 3 is 2.86 bits per heavy atom. The van der Waals surface area contributed by atoms with Gasteiger partial charge in [-0.05, 0) is 25.8 Å². The van der Waals surface area contributed by atoms with E-state index in [9.17, 15) is 9.59 Å². The van der Waals surface area contributed by atoms with Gasteiger partial charge in [0.05, 0.1) is 5.69 Å². The number of hydrogen-bond donors (Lipinski definition) is 1. The zero-order chi connectivity index (χ0) is 16.1. The van der Waals surface area contributed by atoms with Gasteiger partial charge in [-0.1, -0.05) is 18.7 Å². The van der Waals surface area contributed by atoms with Crippen molar-refractivity contribution in [3.05, 3.63) is 17.5 Å². The Kier molecular flexibility index (Phi) is 5.88. The van der Waals surface area contributed by atoms with Crippen molar-refractivity contribution in [2.24, 2.45) is 5.92 Å². The molecule has 0 bridgehead atoms. The first-order valence-corrected chi connectivity index (χ1v) is 8.63. The van der Waals surface area contributed by atoms with E-state index >= 15 is 0 Å². The topological polar surface area (TPSA) is 67.2 Å². The highest BCUT2D eigenvalue weighted by atomic mass is 32.2. The van der Waals surface area contributed by atoms with Gasteiger partial charge in [-0.15, -0.1) is 0 Å². The maximum atomic E-state index is 11.9. The lowest BCUT2D eigenvalue weighted by molar-refractivity contribution is -0.121. The van der Waals surface area contributed by atoms with Crippen LogP contribution in [-0.4, -0.2) is 51.2 Å². The maximum absolute atomic E-state index is 11.9. The van der Waals surface area contributed by atoms with Gasteiger partial charge in [0.1, 0.15) is 0 Å². The van der Waals surface area contributed by atoms with Gasteiger partial charge >= 0.3 is 0 Å². The van der Waals surface area contributed by atoms with Gasteiger partial charge in [0.2, 0.25) is 5.91 Å². The van der Waals surface area contributed by atoms with Crippen molar-refractivity contribution in [2.45, 2.75) is 33.7 Å². The summed E-state index contributed by atoms with van der Waals surface area (Å²) >= 11 is 1.33. The lowest BCUT2D eigenvalue weighted by atomic mass is 10.2. The molecular formula is C15H24N4O2S. The molecule has 0 spiro atoms. The van der Waals surface area contributed by atoms with Crippen LogP contribution in [0.1, 0.15) is 24.7 Å². The summed E-state index contributed by atoms with van der Waals surface area (Å²) in [5.41, 5.74) is 2.16. The van der Waals surface area contributed by atoms with Crippen molar-refractivity contribution >= 4 is 22.9 Å². The minimum absolute atomic E-state index is 0.00455. The fourth-order valence-corrected chi connectivity index (χ4v) is 3.31. The van der Waals surface area contributed by atoms with Crippen LogP contribution >= 0.6 is 11.8 Å². The summed E-state index contributed by atoms with van der Waals surface area (Å²) < 4.78 is 1.98. The fraction of sp³-hybridized carbons (Fsp3) is 0.667. The third kappa shape index (κ3) is 4.76. The molecule has 122 valence electrons. The van der Waals surface area contributed by atoms with Crippen LogP contribution in [0.3, 0.4) is 0 Å². The van der Waals surface area contributed by atoms with E-state index in [2.05, 4.69) is 23.4 Å². The number of hydrogen-bond acceptors (Lipinski definition) is 4. The van der Waals surface area contributed by atoms with Gasteiger partial charge in [0, 0.05) is 44.0 Å². The molecule has 1 unspecified atom stereocenters. The molecule has 0 saturated carbocycles.